The van der Waals surface area contributed by atoms with Crippen LogP contribution in [0.4, 0.5) is 9.80 Å². The molecule has 1 rings (SSSR count). The second-order valence-corrected chi connectivity index (χ2v) is 7.80. The predicted octanol–water partition coefficient (Wildman–Crippen LogP) is 2.34. The minimum Gasteiger partial charge on any atom is -0.478 e. The van der Waals surface area contributed by atoms with Crippen LogP contribution in [0.5, 0.6) is 0 Å². The highest BCUT2D eigenvalue weighted by Crippen LogP contribution is 2.32. The summed E-state index contributed by atoms with van der Waals surface area (Å²) in [6.07, 6.45) is 2.23. The van der Waals surface area contributed by atoms with Crippen LogP contribution in [-0.4, -0.2) is 39.4 Å². The number of carboxylic acid groups (broad SMARTS) is 1. The number of amides is 2. The minimum absolute atomic E-state index is 0.00565. The summed E-state index contributed by atoms with van der Waals surface area (Å²) in [5.41, 5.74) is 0.800. The van der Waals surface area contributed by atoms with E-state index in [1.54, 1.807) is 13.2 Å². The van der Waals surface area contributed by atoms with Gasteiger partial charge >= 0.3 is 12.0 Å². The SMILES string of the molecule is Cc1sc(NC(=O)NCCC(C)S(C)=O)c(C(=O)O)c1C. The Morgan fingerprint density at radius 2 is 2.00 bits per heavy atom. The van der Waals surface area contributed by atoms with E-state index in [2.05, 4.69) is 10.6 Å². The Labute approximate surface area is 130 Å². The number of thiophene rings is 1. The van der Waals surface area contributed by atoms with Gasteiger partial charge in [-0.3, -0.25) is 9.53 Å². The van der Waals surface area contributed by atoms with Crippen molar-refractivity contribution in [2.45, 2.75) is 32.4 Å². The molecule has 0 aliphatic carbocycles. The maximum absolute atomic E-state index is 11.8. The Morgan fingerprint density at radius 3 is 2.52 bits per heavy atom. The molecule has 1 aromatic rings. The van der Waals surface area contributed by atoms with Crippen LogP contribution in [-0.2, 0) is 10.8 Å². The van der Waals surface area contributed by atoms with Gasteiger partial charge in [0.05, 0.1) is 5.56 Å². The molecular weight excluding hydrogens is 312 g/mol. The van der Waals surface area contributed by atoms with Crippen LogP contribution in [0.25, 0.3) is 0 Å². The highest BCUT2D eigenvalue weighted by atomic mass is 32.2. The number of carbonyl (C=O) groups excluding carboxylic acids is 1. The zero-order valence-electron chi connectivity index (χ0n) is 12.5. The van der Waals surface area contributed by atoms with Crippen LogP contribution in [0.15, 0.2) is 0 Å². The van der Waals surface area contributed by atoms with Gasteiger partial charge in [-0.15, -0.1) is 11.3 Å². The molecule has 0 fully saturated rings. The molecule has 0 spiro atoms. The van der Waals surface area contributed by atoms with Crippen LogP contribution in [0.1, 0.15) is 34.1 Å². The van der Waals surface area contributed by atoms with Crippen LogP contribution in [0, 0.1) is 13.8 Å². The smallest absolute Gasteiger partial charge is 0.338 e. The fourth-order valence-corrected chi connectivity index (χ4v) is 3.17. The van der Waals surface area contributed by atoms with Crippen molar-refractivity contribution < 1.29 is 18.9 Å². The third-order valence-electron chi connectivity index (χ3n) is 3.23. The number of carbonyl (C=O) groups is 2. The van der Waals surface area contributed by atoms with E-state index in [9.17, 15) is 18.9 Å². The molecule has 0 aromatic carbocycles. The number of carboxylic acids is 1. The molecule has 2 unspecified atom stereocenters. The molecule has 8 heteroatoms. The van der Waals surface area contributed by atoms with Crippen LogP contribution >= 0.6 is 11.3 Å². The summed E-state index contributed by atoms with van der Waals surface area (Å²) in [7, 11) is -0.920. The standard InChI is InChI=1S/C13H20N2O4S2/c1-7(21(4)19)5-6-14-13(18)15-11-10(12(16)17)8(2)9(3)20-11/h7H,5-6H2,1-4H3,(H,16,17)(H2,14,15,18). The monoisotopic (exact) mass is 332 g/mol. The first kappa shape index (κ1) is 17.6. The highest BCUT2D eigenvalue weighted by molar-refractivity contribution is 7.84. The molecule has 0 aliphatic heterocycles. The van der Waals surface area contributed by atoms with Crippen molar-refractivity contribution in [3.63, 3.8) is 0 Å². The molecule has 2 amide bonds. The Morgan fingerprint density at radius 1 is 1.38 bits per heavy atom. The fraction of sp³-hybridized carbons (Fsp3) is 0.538. The first-order valence-electron chi connectivity index (χ1n) is 6.44. The second-order valence-electron chi connectivity index (χ2n) is 4.77. The predicted molar refractivity (Wildman–Crippen MR) is 85.9 cm³/mol. The van der Waals surface area contributed by atoms with Crippen molar-refractivity contribution in [1.29, 1.82) is 0 Å². The molecule has 3 N–H and O–H groups in total. The first-order valence-corrected chi connectivity index (χ1v) is 8.88. The Hall–Kier alpha value is -1.41. The van der Waals surface area contributed by atoms with Gasteiger partial charge in [0.15, 0.2) is 0 Å². The maximum atomic E-state index is 11.8. The Balaban J connectivity index is 2.62. The number of hydrogen-bond acceptors (Lipinski definition) is 4. The zero-order valence-corrected chi connectivity index (χ0v) is 14.1. The van der Waals surface area contributed by atoms with Gasteiger partial charge in [-0.05, 0) is 25.8 Å². The largest absolute Gasteiger partial charge is 0.478 e. The van der Waals surface area contributed by atoms with Crippen molar-refractivity contribution >= 4 is 39.1 Å². The first-order chi connectivity index (χ1) is 9.73. The lowest BCUT2D eigenvalue weighted by Crippen LogP contribution is -2.31. The summed E-state index contributed by atoms with van der Waals surface area (Å²) >= 11 is 1.24. The number of rotatable bonds is 6. The number of urea groups is 1. The average Bonchev–Trinajstić information content (AvgIpc) is 2.64. The third kappa shape index (κ3) is 4.82. The zero-order chi connectivity index (χ0) is 16.2. The molecule has 118 valence electrons. The van der Waals surface area contributed by atoms with Crippen LogP contribution in [0.3, 0.4) is 0 Å². The lowest BCUT2D eigenvalue weighted by molar-refractivity contribution is 0.0697. The van der Waals surface area contributed by atoms with Crippen molar-refractivity contribution in [3.8, 4) is 0 Å². The number of hydrogen-bond donors (Lipinski definition) is 3. The summed E-state index contributed by atoms with van der Waals surface area (Å²) in [6, 6.07) is -0.451. The van der Waals surface area contributed by atoms with Gasteiger partial charge < -0.3 is 10.4 Å². The molecule has 21 heavy (non-hydrogen) atoms. The summed E-state index contributed by atoms with van der Waals surface area (Å²) < 4.78 is 11.2. The van der Waals surface area contributed by atoms with E-state index in [0.29, 0.717) is 23.5 Å². The minimum atomic E-state index is -1.05. The second kappa shape index (κ2) is 7.56. The van der Waals surface area contributed by atoms with Gasteiger partial charge in [0.25, 0.3) is 0 Å². The summed E-state index contributed by atoms with van der Waals surface area (Å²) in [4.78, 5) is 23.9. The van der Waals surface area contributed by atoms with Gasteiger partial charge in [-0.2, -0.15) is 0 Å². The van der Waals surface area contributed by atoms with Gasteiger partial charge in [-0.1, -0.05) is 6.92 Å². The highest BCUT2D eigenvalue weighted by Gasteiger charge is 2.20. The van der Waals surface area contributed by atoms with Crippen LogP contribution < -0.4 is 10.6 Å². The van der Waals surface area contributed by atoms with Crippen LogP contribution in [0.2, 0.25) is 0 Å². The normalized spacial score (nSPS) is 13.5. The molecular formula is C13H20N2O4S2. The molecule has 0 aliphatic rings. The lowest BCUT2D eigenvalue weighted by Gasteiger charge is -2.10. The van der Waals surface area contributed by atoms with E-state index in [0.717, 1.165) is 4.88 Å². The molecule has 6 nitrogen and oxygen atoms in total. The number of aryl methyl sites for hydroxylation is 1. The quantitative estimate of drug-likeness (QED) is 0.745. The van der Waals surface area contributed by atoms with E-state index in [-0.39, 0.29) is 10.8 Å². The molecule has 0 bridgehead atoms. The van der Waals surface area contributed by atoms with Gasteiger partial charge in [-0.25, -0.2) is 9.59 Å². The van der Waals surface area contributed by atoms with Crippen molar-refractivity contribution in [2.75, 3.05) is 18.1 Å². The number of aromatic carboxylic acids is 1. The lowest BCUT2D eigenvalue weighted by atomic mass is 10.1. The van der Waals surface area contributed by atoms with E-state index in [1.807, 2.05) is 13.8 Å². The topological polar surface area (TPSA) is 95.5 Å². The molecule has 1 aromatic heterocycles. The van der Waals surface area contributed by atoms with Gasteiger partial charge in [0.2, 0.25) is 0 Å². The van der Waals surface area contributed by atoms with Crippen molar-refractivity contribution in [2.24, 2.45) is 0 Å². The molecule has 1 heterocycles. The molecule has 0 saturated carbocycles. The maximum Gasteiger partial charge on any atom is 0.338 e. The van der Waals surface area contributed by atoms with Crippen molar-refractivity contribution in [1.82, 2.24) is 5.32 Å². The van der Waals surface area contributed by atoms with E-state index >= 15 is 0 Å². The molecule has 0 saturated heterocycles. The van der Waals surface area contributed by atoms with Gasteiger partial charge in [0.1, 0.15) is 5.00 Å². The third-order valence-corrected chi connectivity index (χ3v) is 5.72. The van der Waals surface area contributed by atoms with Crippen molar-refractivity contribution in [3.05, 3.63) is 16.0 Å². The van der Waals surface area contributed by atoms with Gasteiger partial charge in [0, 0.05) is 33.7 Å². The average molecular weight is 332 g/mol. The Bertz CT molecular complexity index is 569. The summed E-state index contributed by atoms with van der Waals surface area (Å²) in [6.45, 7) is 5.77. The number of anilines is 1. The molecule has 2 atom stereocenters. The van der Waals surface area contributed by atoms with E-state index < -0.39 is 22.8 Å². The summed E-state index contributed by atoms with van der Waals surface area (Å²) in [5, 5.41) is 14.7. The number of nitrogens with one attached hydrogen (secondary N) is 2. The van der Waals surface area contributed by atoms with E-state index in [4.69, 9.17) is 0 Å². The Kier molecular flexibility index (Phi) is 6.35. The summed E-state index contributed by atoms with van der Waals surface area (Å²) in [5.74, 6) is -1.05. The van der Waals surface area contributed by atoms with E-state index in [1.165, 1.54) is 11.3 Å². The fourth-order valence-electron chi connectivity index (χ4n) is 1.67. The molecule has 0 radical (unpaired) electrons.